The Morgan fingerprint density at radius 3 is 2.56 bits per heavy atom. The normalized spacial score (nSPS) is 15.8. The highest BCUT2D eigenvalue weighted by molar-refractivity contribution is 5.45. The highest BCUT2D eigenvalue weighted by Crippen LogP contribution is 2.34. The number of ether oxygens (including phenoxy) is 3. The third kappa shape index (κ3) is 4.72. The summed E-state index contributed by atoms with van der Waals surface area (Å²) < 4.78 is 17.0. The van der Waals surface area contributed by atoms with E-state index in [1.165, 1.54) is 0 Å². The van der Waals surface area contributed by atoms with Gasteiger partial charge in [0.05, 0.1) is 25.5 Å². The van der Waals surface area contributed by atoms with Crippen molar-refractivity contribution in [2.75, 3.05) is 38.8 Å². The molecule has 3 heterocycles. The van der Waals surface area contributed by atoms with Crippen LogP contribution in [-0.2, 0) is 19.5 Å². The average molecular weight is 463 g/mol. The van der Waals surface area contributed by atoms with E-state index < -0.39 is 0 Å². The van der Waals surface area contributed by atoms with E-state index in [1.54, 1.807) is 20.3 Å². The van der Waals surface area contributed by atoms with E-state index in [1.807, 2.05) is 36.4 Å². The lowest BCUT2D eigenvalue weighted by atomic mass is 10.1. The minimum absolute atomic E-state index is 0.145. The van der Waals surface area contributed by atoms with Crippen LogP contribution in [0.25, 0.3) is 0 Å². The lowest BCUT2D eigenvalue weighted by Gasteiger charge is -2.30. The molecular formula is C26H30N4O4. The van der Waals surface area contributed by atoms with Crippen molar-refractivity contribution in [1.82, 2.24) is 14.9 Å². The number of rotatable bonds is 7. The Labute approximate surface area is 199 Å². The molecule has 5 rings (SSSR count). The number of methoxy groups -OCH3 is 2. The van der Waals surface area contributed by atoms with E-state index >= 15 is 0 Å². The highest BCUT2D eigenvalue weighted by Gasteiger charge is 2.26. The molecule has 0 spiro atoms. The molecule has 1 fully saturated rings. The summed E-state index contributed by atoms with van der Waals surface area (Å²) in [7, 11) is 3.21. The molecule has 2 aromatic carbocycles. The van der Waals surface area contributed by atoms with Crippen molar-refractivity contribution in [1.29, 1.82) is 0 Å². The van der Waals surface area contributed by atoms with Gasteiger partial charge in [0, 0.05) is 45.2 Å². The maximum atomic E-state index is 9.92. The lowest BCUT2D eigenvalue weighted by Crippen LogP contribution is -2.32. The van der Waals surface area contributed by atoms with Gasteiger partial charge in [0.2, 0.25) is 11.8 Å². The molecule has 3 aromatic rings. The van der Waals surface area contributed by atoms with E-state index in [0.29, 0.717) is 23.9 Å². The smallest absolute Gasteiger partial charge is 0.228 e. The Bertz CT molecular complexity index is 1160. The summed E-state index contributed by atoms with van der Waals surface area (Å²) in [6.07, 6.45) is 3.15. The molecule has 34 heavy (non-hydrogen) atoms. The van der Waals surface area contributed by atoms with Crippen LogP contribution in [0.3, 0.4) is 0 Å². The second kappa shape index (κ2) is 9.77. The first-order valence-corrected chi connectivity index (χ1v) is 11.7. The summed E-state index contributed by atoms with van der Waals surface area (Å²) in [5, 5.41) is 9.92. The molecule has 2 aliphatic rings. The van der Waals surface area contributed by atoms with E-state index in [0.717, 1.165) is 74.0 Å². The topological polar surface area (TPSA) is 80.2 Å². The van der Waals surface area contributed by atoms with Crippen molar-refractivity contribution in [3.63, 3.8) is 0 Å². The molecule has 0 saturated carbocycles. The fourth-order valence-electron chi connectivity index (χ4n) is 4.56. The van der Waals surface area contributed by atoms with Crippen LogP contribution in [0.2, 0.25) is 0 Å². The number of anilines is 1. The minimum atomic E-state index is 0.145. The van der Waals surface area contributed by atoms with Crippen LogP contribution in [0.15, 0.2) is 42.5 Å². The maximum Gasteiger partial charge on any atom is 0.228 e. The van der Waals surface area contributed by atoms with Crippen molar-refractivity contribution in [3.05, 3.63) is 59.3 Å². The summed E-state index contributed by atoms with van der Waals surface area (Å²) >= 11 is 0. The predicted octanol–water partition coefficient (Wildman–Crippen LogP) is 4.15. The van der Waals surface area contributed by atoms with Gasteiger partial charge in [-0.2, -0.15) is 4.98 Å². The second-order valence-corrected chi connectivity index (χ2v) is 8.70. The first-order valence-electron chi connectivity index (χ1n) is 11.7. The first-order chi connectivity index (χ1) is 16.6. The SMILES string of the molecule is COc1cccc(Oc2nc(N3CCCC3)nc3c2CN(Cc2ccc(O)c(OC)c2)CC3)c1. The molecular weight excluding hydrogens is 432 g/mol. The van der Waals surface area contributed by atoms with Gasteiger partial charge < -0.3 is 24.2 Å². The van der Waals surface area contributed by atoms with Gasteiger partial charge in [-0.1, -0.05) is 12.1 Å². The van der Waals surface area contributed by atoms with Gasteiger partial charge in [0.25, 0.3) is 0 Å². The zero-order chi connectivity index (χ0) is 23.5. The van der Waals surface area contributed by atoms with Gasteiger partial charge >= 0.3 is 0 Å². The van der Waals surface area contributed by atoms with Crippen molar-refractivity contribution < 1.29 is 19.3 Å². The van der Waals surface area contributed by atoms with Crippen LogP contribution < -0.4 is 19.1 Å². The summed E-state index contributed by atoms with van der Waals surface area (Å²) in [5.74, 6) is 3.41. The van der Waals surface area contributed by atoms with E-state index in [-0.39, 0.29) is 5.75 Å². The average Bonchev–Trinajstić information content (AvgIpc) is 3.40. The number of aromatic hydroxyl groups is 1. The molecule has 1 saturated heterocycles. The Kier molecular flexibility index (Phi) is 6.40. The number of hydrogen-bond donors (Lipinski definition) is 1. The molecule has 8 heteroatoms. The number of phenols is 1. The molecule has 1 aromatic heterocycles. The fourth-order valence-corrected chi connectivity index (χ4v) is 4.56. The maximum absolute atomic E-state index is 9.92. The third-order valence-corrected chi connectivity index (χ3v) is 6.38. The number of aromatic nitrogens is 2. The molecule has 0 bridgehead atoms. The Morgan fingerprint density at radius 1 is 0.941 bits per heavy atom. The van der Waals surface area contributed by atoms with Crippen molar-refractivity contribution in [3.8, 4) is 28.9 Å². The van der Waals surface area contributed by atoms with Crippen molar-refractivity contribution >= 4 is 5.95 Å². The van der Waals surface area contributed by atoms with Crippen molar-refractivity contribution in [2.45, 2.75) is 32.4 Å². The predicted molar refractivity (Wildman–Crippen MR) is 129 cm³/mol. The first kappa shape index (κ1) is 22.3. The Balaban J connectivity index is 1.44. The minimum Gasteiger partial charge on any atom is -0.504 e. The number of fused-ring (bicyclic) bond motifs is 1. The van der Waals surface area contributed by atoms with Gasteiger partial charge in [-0.25, -0.2) is 4.98 Å². The second-order valence-electron chi connectivity index (χ2n) is 8.70. The van der Waals surface area contributed by atoms with Crippen LogP contribution in [0, 0.1) is 0 Å². The molecule has 178 valence electrons. The molecule has 0 aliphatic carbocycles. The van der Waals surface area contributed by atoms with E-state index in [4.69, 9.17) is 24.2 Å². The number of phenolic OH excluding ortho intramolecular Hbond substituents is 1. The molecule has 2 aliphatic heterocycles. The zero-order valence-electron chi connectivity index (χ0n) is 19.7. The van der Waals surface area contributed by atoms with E-state index in [2.05, 4.69) is 9.80 Å². The lowest BCUT2D eigenvalue weighted by molar-refractivity contribution is 0.237. The summed E-state index contributed by atoms with van der Waals surface area (Å²) in [6.45, 7) is 4.24. The summed E-state index contributed by atoms with van der Waals surface area (Å²) in [6, 6.07) is 13.1. The van der Waals surface area contributed by atoms with Crippen LogP contribution >= 0.6 is 0 Å². The third-order valence-electron chi connectivity index (χ3n) is 6.38. The van der Waals surface area contributed by atoms with Crippen molar-refractivity contribution in [2.24, 2.45) is 0 Å². The van der Waals surface area contributed by atoms with Crippen LogP contribution in [-0.4, -0.2) is 53.8 Å². The Morgan fingerprint density at radius 2 is 1.76 bits per heavy atom. The van der Waals surface area contributed by atoms with Crippen LogP contribution in [0.4, 0.5) is 5.95 Å². The number of hydrogen-bond acceptors (Lipinski definition) is 8. The zero-order valence-corrected chi connectivity index (χ0v) is 19.7. The Hall–Kier alpha value is -3.52. The number of benzene rings is 2. The monoisotopic (exact) mass is 462 g/mol. The standard InChI is InChI=1S/C26H30N4O4/c1-32-19-6-5-7-20(15-19)34-25-21-17-29(16-18-8-9-23(31)24(14-18)33-2)13-10-22(21)27-26(28-25)30-11-3-4-12-30/h5-9,14-15,31H,3-4,10-13,16-17H2,1-2H3. The number of nitrogens with zero attached hydrogens (tertiary/aromatic N) is 4. The van der Waals surface area contributed by atoms with Gasteiger partial charge in [0.1, 0.15) is 11.5 Å². The summed E-state index contributed by atoms with van der Waals surface area (Å²) in [4.78, 5) is 14.4. The largest absolute Gasteiger partial charge is 0.504 e. The van der Waals surface area contributed by atoms with Crippen LogP contribution in [0.5, 0.6) is 28.9 Å². The molecule has 0 unspecified atom stereocenters. The molecule has 1 N–H and O–H groups in total. The van der Waals surface area contributed by atoms with Gasteiger partial charge in [-0.05, 0) is 42.7 Å². The van der Waals surface area contributed by atoms with Gasteiger partial charge in [-0.3, -0.25) is 4.90 Å². The fraction of sp³-hybridized carbons (Fsp3) is 0.385. The van der Waals surface area contributed by atoms with Crippen LogP contribution in [0.1, 0.15) is 29.7 Å². The molecule has 0 radical (unpaired) electrons. The molecule has 0 amide bonds. The molecule has 8 nitrogen and oxygen atoms in total. The summed E-state index contributed by atoms with van der Waals surface area (Å²) in [5.41, 5.74) is 3.14. The highest BCUT2D eigenvalue weighted by atomic mass is 16.5. The van der Waals surface area contributed by atoms with Gasteiger partial charge in [0.15, 0.2) is 11.5 Å². The quantitative estimate of drug-likeness (QED) is 0.561. The van der Waals surface area contributed by atoms with E-state index in [9.17, 15) is 5.11 Å². The molecule has 0 atom stereocenters. The van der Waals surface area contributed by atoms with Gasteiger partial charge in [-0.15, -0.1) is 0 Å².